The molecule has 23 heavy (non-hydrogen) atoms. The molecule has 0 amide bonds. The molecule has 1 unspecified atom stereocenters. The van der Waals surface area contributed by atoms with Crippen molar-refractivity contribution in [3.05, 3.63) is 16.7 Å². The minimum Gasteiger partial charge on any atom is -0.369 e. The maximum atomic E-state index is 13.3. The molecule has 0 saturated carbocycles. The first kappa shape index (κ1) is 17.5. The van der Waals surface area contributed by atoms with Crippen LogP contribution in [0.1, 0.15) is 19.8 Å². The van der Waals surface area contributed by atoms with Crippen molar-refractivity contribution in [3.8, 4) is 0 Å². The number of nitrogens with one attached hydrogen (secondary N) is 1. The average Bonchev–Trinajstić information content (AvgIpc) is 2.78. The monoisotopic (exact) mass is 351 g/mol. The molecule has 0 saturated heterocycles. The maximum absolute atomic E-state index is 13.3. The van der Waals surface area contributed by atoms with Crippen LogP contribution in [0.5, 0.6) is 0 Å². The van der Waals surface area contributed by atoms with Gasteiger partial charge in [-0.2, -0.15) is 13.8 Å². The molecule has 2 rings (SSSR count). The van der Waals surface area contributed by atoms with Gasteiger partial charge < -0.3 is 20.1 Å². The number of fused-ring (bicyclic) bond motifs is 1. The number of aromatic amines is 1. The van der Waals surface area contributed by atoms with Gasteiger partial charge in [0, 0.05) is 13.0 Å². The van der Waals surface area contributed by atoms with Crippen LogP contribution in [-0.4, -0.2) is 35.0 Å². The van der Waals surface area contributed by atoms with E-state index >= 15 is 0 Å². The zero-order valence-electron chi connectivity index (χ0n) is 12.1. The molecule has 0 aromatic carbocycles. The number of nitrogen functional groups attached to an aromatic ring is 1. The average molecular weight is 351 g/mol. The lowest BCUT2D eigenvalue weighted by atomic mass is 10.1. The second-order valence-corrected chi connectivity index (χ2v) is 7.12. The van der Waals surface area contributed by atoms with E-state index in [9.17, 15) is 18.1 Å². The van der Waals surface area contributed by atoms with Crippen molar-refractivity contribution in [1.82, 2.24) is 19.5 Å². The summed E-state index contributed by atoms with van der Waals surface area (Å²) in [6.45, 7) is 1.84. The summed E-state index contributed by atoms with van der Waals surface area (Å²) in [5.74, 6) is -0.447. The molecule has 0 aliphatic heterocycles. The summed E-state index contributed by atoms with van der Waals surface area (Å²) in [5, 5.41) is 0. The van der Waals surface area contributed by atoms with Gasteiger partial charge in [-0.1, -0.05) is 6.92 Å². The molecule has 128 valence electrons. The van der Waals surface area contributed by atoms with Gasteiger partial charge in [0.05, 0.1) is 6.33 Å². The fraction of sp³-hybridized carbons (Fsp3) is 0.545. The van der Waals surface area contributed by atoms with Gasteiger partial charge in [0.25, 0.3) is 5.56 Å². The van der Waals surface area contributed by atoms with E-state index in [4.69, 9.17) is 15.5 Å². The molecule has 0 aliphatic rings. The van der Waals surface area contributed by atoms with Crippen molar-refractivity contribution in [1.29, 1.82) is 0 Å². The highest BCUT2D eigenvalue weighted by Crippen LogP contribution is 2.55. The Balaban J connectivity index is 2.11. The molecule has 9 nitrogen and oxygen atoms in total. The molecule has 2 heterocycles. The van der Waals surface area contributed by atoms with Crippen LogP contribution in [-0.2, 0) is 11.1 Å². The van der Waals surface area contributed by atoms with E-state index in [0.717, 1.165) is 0 Å². The summed E-state index contributed by atoms with van der Waals surface area (Å²) >= 11 is 0. The number of halogens is 2. The number of nitrogens with two attached hydrogens (primary N) is 1. The quantitative estimate of drug-likeness (QED) is 0.565. The molecule has 2 aromatic heterocycles. The molecule has 0 fully saturated rings. The predicted octanol–water partition coefficient (Wildman–Crippen LogP) is 0.889. The Kier molecular flexibility index (Phi) is 4.56. The number of imidazole rings is 1. The van der Waals surface area contributed by atoms with Crippen LogP contribution in [0.15, 0.2) is 11.1 Å². The zero-order chi connectivity index (χ0) is 17.4. The number of rotatable bonds is 6. The molecule has 1 atom stereocenters. The van der Waals surface area contributed by atoms with Crippen molar-refractivity contribution in [2.75, 3.05) is 5.73 Å². The van der Waals surface area contributed by atoms with Gasteiger partial charge in [-0.3, -0.25) is 14.3 Å². The lowest BCUT2D eigenvalue weighted by Crippen LogP contribution is -2.19. The van der Waals surface area contributed by atoms with Gasteiger partial charge in [0.1, 0.15) is 0 Å². The maximum Gasteiger partial charge on any atom is 0.394 e. The Morgan fingerprint density at radius 1 is 1.52 bits per heavy atom. The van der Waals surface area contributed by atoms with E-state index in [-0.39, 0.29) is 36.0 Å². The Hall–Kier alpha value is -1.84. The Morgan fingerprint density at radius 3 is 2.78 bits per heavy atom. The van der Waals surface area contributed by atoms with Crippen molar-refractivity contribution in [3.63, 3.8) is 0 Å². The number of H-pyrrole nitrogens is 1. The van der Waals surface area contributed by atoms with Crippen LogP contribution in [0.3, 0.4) is 0 Å². The van der Waals surface area contributed by atoms with Gasteiger partial charge in [-0.15, -0.1) is 0 Å². The van der Waals surface area contributed by atoms with Crippen LogP contribution in [0, 0.1) is 5.92 Å². The third-order valence-corrected chi connectivity index (χ3v) is 4.44. The van der Waals surface area contributed by atoms with Gasteiger partial charge in [0.2, 0.25) is 5.95 Å². The van der Waals surface area contributed by atoms with E-state index in [1.807, 2.05) is 0 Å². The summed E-state index contributed by atoms with van der Waals surface area (Å²) in [4.78, 5) is 39.0. The molecule has 0 bridgehead atoms. The highest BCUT2D eigenvalue weighted by Gasteiger charge is 2.48. The van der Waals surface area contributed by atoms with Gasteiger partial charge in [0.15, 0.2) is 11.2 Å². The second kappa shape index (κ2) is 5.99. The van der Waals surface area contributed by atoms with E-state index < -0.39 is 25.2 Å². The van der Waals surface area contributed by atoms with Crippen molar-refractivity contribution >= 4 is 24.7 Å². The van der Waals surface area contributed by atoms with Gasteiger partial charge >= 0.3 is 13.3 Å². The Bertz CT molecular complexity index is 814. The molecule has 5 N–H and O–H groups in total. The van der Waals surface area contributed by atoms with Crippen LogP contribution >= 0.6 is 7.60 Å². The fourth-order valence-corrected chi connectivity index (χ4v) is 2.52. The molecule has 0 aliphatic carbocycles. The predicted molar refractivity (Wildman–Crippen MR) is 78.0 cm³/mol. The second-order valence-electron chi connectivity index (χ2n) is 5.37. The SMILES string of the molecule is CC(CCC(F)(F)P(=O)(O)O)Cn1cnc2c(=O)[nH]c(N)nc21. The highest BCUT2D eigenvalue weighted by molar-refractivity contribution is 7.53. The molecule has 0 spiro atoms. The summed E-state index contributed by atoms with van der Waals surface area (Å²) in [6.07, 6.45) is 0.266. The first-order chi connectivity index (χ1) is 10.5. The molecule has 2 aromatic rings. The summed E-state index contributed by atoms with van der Waals surface area (Å²) in [7, 11) is -5.47. The first-order valence-corrected chi connectivity index (χ1v) is 8.26. The number of nitrogens with zero attached hydrogens (tertiary/aromatic N) is 3. The van der Waals surface area contributed by atoms with Gasteiger partial charge in [-0.25, -0.2) is 4.98 Å². The Labute approximate surface area is 128 Å². The summed E-state index contributed by atoms with van der Waals surface area (Å²) in [5.41, 5.74) is 1.19. The van der Waals surface area contributed by atoms with E-state index in [0.29, 0.717) is 0 Å². The molecular weight excluding hydrogens is 335 g/mol. The van der Waals surface area contributed by atoms with Gasteiger partial charge in [-0.05, 0) is 12.3 Å². The summed E-state index contributed by atoms with van der Waals surface area (Å²) < 4.78 is 38.7. The van der Waals surface area contributed by atoms with E-state index in [1.165, 1.54) is 10.9 Å². The number of alkyl halides is 2. The summed E-state index contributed by atoms with van der Waals surface area (Å²) in [6, 6.07) is 0. The normalized spacial score (nSPS) is 14.3. The number of anilines is 1. The number of hydrogen-bond acceptors (Lipinski definition) is 5. The molecular formula is C11H16F2N5O4P. The first-order valence-electron chi connectivity index (χ1n) is 6.65. The zero-order valence-corrected chi connectivity index (χ0v) is 13.0. The standard InChI is InChI=1S/C11H16F2N5O4P/c1-6(2-3-11(12,13)23(20,21)22)4-18-5-15-7-8(18)16-10(14)17-9(7)19/h5-6H,2-4H2,1H3,(H2,20,21,22)(H3,14,16,17,19). The topological polar surface area (TPSA) is 147 Å². The largest absolute Gasteiger partial charge is 0.394 e. The van der Waals surface area contributed by atoms with Crippen molar-refractivity contribution < 1.29 is 23.1 Å². The molecule has 0 radical (unpaired) electrons. The van der Waals surface area contributed by atoms with E-state index in [1.54, 1.807) is 6.92 Å². The lowest BCUT2D eigenvalue weighted by molar-refractivity contribution is 0.0438. The molecule has 12 heteroatoms. The third kappa shape index (κ3) is 3.74. The van der Waals surface area contributed by atoms with Crippen LogP contribution in [0.2, 0.25) is 0 Å². The van der Waals surface area contributed by atoms with Crippen LogP contribution in [0.25, 0.3) is 11.2 Å². The number of aromatic nitrogens is 4. The van der Waals surface area contributed by atoms with Crippen LogP contribution < -0.4 is 11.3 Å². The third-order valence-electron chi connectivity index (χ3n) is 3.37. The van der Waals surface area contributed by atoms with Crippen molar-refractivity contribution in [2.24, 2.45) is 5.92 Å². The van der Waals surface area contributed by atoms with Crippen LogP contribution in [0.4, 0.5) is 14.7 Å². The minimum absolute atomic E-state index is 0.0759. The van der Waals surface area contributed by atoms with E-state index in [2.05, 4.69) is 15.0 Å². The number of hydrogen-bond donors (Lipinski definition) is 4. The minimum atomic E-state index is -5.47. The van der Waals surface area contributed by atoms with Crippen molar-refractivity contribution in [2.45, 2.75) is 32.0 Å². The highest BCUT2D eigenvalue weighted by atomic mass is 31.2. The fourth-order valence-electron chi connectivity index (χ4n) is 2.10. The smallest absolute Gasteiger partial charge is 0.369 e. The Morgan fingerprint density at radius 2 is 2.17 bits per heavy atom. The lowest BCUT2D eigenvalue weighted by Gasteiger charge is -2.20.